The lowest BCUT2D eigenvalue weighted by atomic mass is 10.1. The second-order valence-corrected chi connectivity index (χ2v) is 6.46. The maximum Gasteiger partial charge on any atom is 0.106 e. The first-order valence-electron chi connectivity index (χ1n) is 7.50. The Morgan fingerprint density at radius 2 is 1.90 bits per heavy atom. The monoisotopic (exact) mass is 306 g/mol. The highest BCUT2D eigenvalue weighted by Crippen LogP contribution is 2.23. The second kappa shape index (κ2) is 7.20. The molecule has 4 nitrogen and oxygen atoms in total. The fourth-order valence-corrected chi connectivity index (χ4v) is 2.84. The van der Waals surface area contributed by atoms with E-state index in [-0.39, 0.29) is 0 Å². The number of hydrogen-bond donors (Lipinski definition) is 1. The van der Waals surface area contributed by atoms with Crippen LogP contribution >= 0.6 is 12.2 Å². The van der Waals surface area contributed by atoms with Gasteiger partial charge in [-0.2, -0.15) is 0 Å². The van der Waals surface area contributed by atoms with Crippen molar-refractivity contribution in [1.29, 1.82) is 0 Å². The van der Waals surface area contributed by atoms with Crippen LogP contribution in [0.15, 0.2) is 18.2 Å². The lowest BCUT2D eigenvalue weighted by Crippen LogP contribution is -2.48. The molecule has 1 heterocycles. The van der Waals surface area contributed by atoms with Crippen LogP contribution in [0, 0.1) is 6.92 Å². The van der Waals surface area contributed by atoms with Crippen LogP contribution in [0.25, 0.3) is 0 Å². The van der Waals surface area contributed by atoms with Crippen LogP contribution in [-0.2, 0) is 0 Å². The molecule has 21 heavy (non-hydrogen) atoms. The van der Waals surface area contributed by atoms with Crippen molar-refractivity contribution in [3.8, 4) is 0 Å². The number of aryl methyl sites for hydroxylation is 1. The van der Waals surface area contributed by atoms with Gasteiger partial charge in [0.05, 0.1) is 0 Å². The van der Waals surface area contributed by atoms with Crippen molar-refractivity contribution in [3.05, 3.63) is 29.3 Å². The predicted molar refractivity (Wildman–Crippen MR) is 94.3 cm³/mol. The van der Waals surface area contributed by atoms with Crippen molar-refractivity contribution >= 4 is 22.9 Å². The SMILES string of the molecule is Cc1ccc(C(N)=S)c(N2CCN(CCN(C)C)CC2)c1. The summed E-state index contributed by atoms with van der Waals surface area (Å²) in [6, 6.07) is 6.32. The van der Waals surface area contributed by atoms with Gasteiger partial charge in [-0.05, 0) is 38.7 Å². The van der Waals surface area contributed by atoms with Gasteiger partial charge in [0.25, 0.3) is 0 Å². The smallest absolute Gasteiger partial charge is 0.106 e. The number of thiocarbonyl (C=S) groups is 1. The van der Waals surface area contributed by atoms with E-state index in [9.17, 15) is 0 Å². The van der Waals surface area contributed by atoms with Crippen LogP contribution in [0.3, 0.4) is 0 Å². The zero-order chi connectivity index (χ0) is 15.4. The molecule has 0 spiro atoms. The lowest BCUT2D eigenvalue weighted by Gasteiger charge is -2.37. The minimum absolute atomic E-state index is 0.486. The van der Waals surface area contributed by atoms with Crippen LogP contribution < -0.4 is 10.6 Å². The normalized spacial score (nSPS) is 16.5. The van der Waals surface area contributed by atoms with Gasteiger partial charge in [-0.3, -0.25) is 4.90 Å². The Hall–Kier alpha value is -1.17. The third kappa shape index (κ3) is 4.40. The molecule has 1 aliphatic heterocycles. The van der Waals surface area contributed by atoms with Crippen LogP contribution in [0.5, 0.6) is 0 Å². The fourth-order valence-electron chi connectivity index (χ4n) is 2.67. The van der Waals surface area contributed by atoms with Crippen molar-refractivity contribution in [2.24, 2.45) is 5.73 Å². The molecule has 0 bridgehead atoms. The zero-order valence-corrected chi connectivity index (χ0v) is 14.1. The van der Waals surface area contributed by atoms with Crippen LogP contribution in [0.2, 0.25) is 0 Å². The fraction of sp³-hybridized carbons (Fsp3) is 0.562. The Kier molecular flexibility index (Phi) is 5.56. The number of nitrogens with zero attached hydrogens (tertiary/aromatic N) is 3. The van der Waals surface area contributed by atoms with Crippen molar-refractivity contribution < 1.29 is 0 Å². The zero-order valence-electron chi connectivity index (χ0n) is 13.3. The second-order valence-electron chi connectivity index (χ2n) is 6.02. The van der Waals surface area contributed by atoms with E-state index >= 15 is 0 Å². The standard InChI is InChI=1S/C16H26N4S/c1-13-4-5-14(16(17)21)15(12-13)20-10-8-19(9-11-20)7-6-18(2)3/h4-5,12H,6-11H2,1-3H3,(H2,17,21). The Morgan fingerprint density at radius 3 is 2.48 bits per heavy atom. The van der Waals surface area contributed by atoms with Gasteiger partial charge in [0.15, 0.2) is 0 Å². The number of rotatable bonds is 5. The van der Waals surface area contributed by atoms with E-state index in [0.29, 0.717) is 4.99 Å². The average Bonchev–Trinajstić information content (AvgIpc) is 2.45. The van der Waals surface area contributed by atoms with Gasteiger partial charge in [-0.1, -0.05) is 18.3 Å². The van der Waals surface area contributed by atoms with Crippen molar-refractivity contribution in [2.45, 2.75) is 6.92 Å². The van der Waals surface area contributed by atoms with Gasteiger partial charge in [0, 0.05) is 50.5 Å². The molecular formula is C16H26N4S. The summed E-state index contributed by atoms with van der Waals surface area (Å²) < 4.78 is 0. The van der Waals surface area contributed by atoms with Crippen LogP contribution in [-0.4, -0.2) is 68.2 Å². The van der Waals surface area contributed by atoms with Crippen LogP contribution in [0.4, 0.5) is 5.69 Å². The summed E-state index contributed by atoms with van der Waals surface area (Å²) in [5, 5.41) is 0. The first-order valence-corrected chi connectivity index (χ1v) is 7.90. The first-order chi connectivity index (χ1) is 9.97. The minimum atomic E-state index is 0.486. The highest BCUT2D eigenvalue weighted by atomic mass is 32.1. The average molecular weight is 306 g/mol. The summed E-state index contributed by atoms with van der Waals surface area (Å²) in [4.78, 5) is 7.65. The molecule has 1 fully saturated rings. The molecule has 0 amide bonds. The molecule has 2 N–H and O–H groups in total. The van der Waals surface area contributed by atoms with E-state index in [1.54, 1.807) is 0 Å². The number of likely N-dealkylation sites (N-methyl/N-ethyl adjacent to an activating group) is 1. The summed E-state index contributed by atoms with van der Waals surface area (Å²) in [5.74, 6) is 0. The molecule has 2 rings (SSSR count). The third-order valence-corrected chi connectivity index (χ3v) is 4.22. The topological polar surface area (TPSA) is 35.7 Å². The Balaban J connectivity index is 2.02. The first kappa shape index (κ1) is 16.2. The van der Waals surface area contributed by atoms with E-state index in [1.807, 2.05) is 6.07 Å². The molecule has 0 aliphatic carbocycles. The van der Waals surface area contributed by atoms with Crippen molar-refractivity contribution in [2.75, 3.05) is 58.3 Å². The molecule has 1 aromatic rings. The summed E-state index contributed by atoms with van der Waals surface area (Å²) >= 11 is 5.19. The largest absolute Gasteiger partial charge is 0.389 e. The minimum Gasteiger partial charge on any atom is -0.389 e. The maximum absolute atomic E-state index is 5.87. The van der Waals surface area contributed by atoms with Crippen LogP contribution in [0.1, 0.15) is 11.1 Å². The van der Waals surface area contributed by atoms with E-state index in [0.717, 1.165) is 44.8 Å². The van der Waals surface area contributed by atoms with Gasteiger partial charge >= 0.3 is 0 Å². The van der Waals surface area contributed by atoms with Crippen molar-refractivity contribution in [1.82, 2.24) is 9.80 Å². The molecule has 0 radical (unpaired) electrons. The molecule has 0 aromatic heterocycles. The third-order valence-electron chi connectivity index (χ3n) is 4.00. The quantitative estimate of drug-likeness (QED) is 0.830. The molecular weight excluding hydrogens is 280 g/mol. The van der Waals surface area contributed by atoms with Gasteiger partial charge < -0.3 is 15.5 Å². The number of anilines is 1. The summed E-state index contributed by atoms with van der Waals surface area (Å²) in [7, 11) is 4.24. The maximum atomic E-state index is 5.87. The lowest BCUT2D eigenvalue weighted by molar-refractivity contribution is 0.229. The van der Waals surface area contributed by atoms with E-state index in [4.69, 9.17) is 18.0 Å². The summed E-state index contributed by atoms with van der Waals surface area (Å²) in [5.41, 5.74) is 9.31. The van der Waals surface area contributed by atoms with Gasteiger partial charge in [0.2, 0.25) is 0 Å². The van der Waals surface area contributed by atoms with Gasteiger partial charge in [-0.15, -0.1) is 0 Å². The van der Waals surface area contributed by atoms with E-state index < -0.39 is 0 Å². The Morgan fingerprint density at radius 1 is 1.24 bits per heavy atom. The molecule has 1 aromatic carbocycles. The molecule has 0 atom stereocenters. The molecule has 116 valence electrons. The Bertz CT molecular complexity index is 493. The molecule has 0 saturated carbocycles. The molecule has 5 heteroatoms. The highest BCUT2D eigenvalue weighted by Gasteiger charge is 2.19. The van der Waals surface area contributed by atoms with Gasteiger partial charge in [0.1, 0.15) is 4.99 Å². The summed E-state index contributed by atoms with van der Waals surface area (Å²) in [6.45, 7) is 8.62. The number of benzene rings is 1. The Labute approximate surface area is 133 Å². The number of hydrogen-bond acceptors (Lipinski definition) is 4. The molecule has 0 unspecified atom stereocenters. The predicted octanol–water partition coefficient (Wildman–Crippen LogP) is 1.31. The number of nitrogens with two attached hydrogens (primary N) is 1. The van der Waals surface area contributed by atoms with E-state index in [1.165, 1.54) is 11.3 Å². The summed E-state index contributed by atoms with van der Waals surface area (Å²) in [6.07, 6.45) is 0. The highest BCUT2D eigenvalue weighted by molar-refractivity contribution is 7.80. The molecule has 1 saturated heterocycles. The molecule has 1 aliphatic rings. The van der Waals surface area contributed by atoms with E-state index in [2.05, 4.69) is 47.9 Å². The van der Waals surface area contributed by atoms with Crippen molar-refractivity contribution in [3.63, 3.8) is 0 Å². The van der Waals surface area contributed by atoms with Gasteiger partial charge in [-0.25, -0.2) is 0 Å². The number of piperazine rings is 1.